The number of methoxy groups -OCH3 is 2. The normalized spacial score (nSPS) is 11.0. The number of hydrogen-bond acceptors (Lipinski definition) is 8. The first-order valence-electron chi connectivity index (χ1n) is 10.4. The van der Waals surface area contributed by atoms with Gasteiger partial charge in [-0.05, 0) is 12.1 Å². The van der Waals surface area contributed by atoms with Crippen molar-refractivity contribution < 1.29 is 14.3 Å². The number of aromatic amines is 1. The number of carbonyl (C=O) groups is 1. The number of benzene rings is 1. The van der Waals surface area contributed by atoms with Gasteiger partial charge in [0.05, 0.1) is 29.8 Å². The highest BCUT2D eigenvalue weighted by atomic mass is 35.5. The number of hydrogen-bond donors (Lipinski definition) is 3. The zero-order valence-corrected chi connectivity index (χ0v) is 20.5. The summed E-state index contributed by atoms with van der Waals surface area (Å²) < 4.78 is 12.5. The molecule has 0 fully saturated rings. The summed E-state index contributed by atoms with van der Waals surface area (Å²) in [6, 6.07) is 5.27. The van der Waals surface area contributed by atoms with Gasteiger partial charge in [0.1, 0.15) is 29.3 Å². The molecular weight excluding hydrogens is 507 g/mol. The number of fused-ring (bicyclic) bond motifs is 3. The number of pyridine rings is 2. The Kier molecular flexibility index (Phi) is 6.08. The maximum Gasteiger partial charge on any atom is 0.247 e. The number of nitrogens with zero attached hydrogens (tertiary/aromatic N) is 5. The van der Waals surface area contributed by atoms with Gasteiger partial charge in [-0.1, -0.05) is 29.8 Å². The van der Waals surface area contributed by atoms with Gasteiger partial charge in [-0.15, -0.1) is 0 Å². The SMILES string of the molecule is C=CC(=O)Nc1c[nH]nc1Nc1cc2c(cn1)cc(-c1c(Cl)c(OC)cc(OC)c1Cl)c1ncnn12. The van der Waals surface area contributed by atoms with Crippen LogP contribution in [0.5, 0.6) is 11.5 Å². The monoisotopic (exact) mass is 524 g/mol. The van der Waals surface area contributed by atoms with Crippen LogP contribution in [0.2, 0.25) is 10.0 Å². The van der Waals surface area contributed by atoms with Crippen LogP contribution >= 0.6 is 23.2 Å². The van der Waals surface area contributed by atoms with E-state index in [1.165, 1.54) is 26.6 Å². The van der Waals surface area contributed by atoms with Gasteiger partial charge in [0.2, 0.25) is 5.91 Å². The third-order valence-corrected chi connectivity index (χ3v) is 6.15. The van der Waals surface area contributed by atoms with Crippen LogP contribution in [0.25, 0.3) is 27.7 Å². The van der Waals surface area contributed by atoms with Crippen LogP contribution in [0.1, 0.15) is 0 Å². The number of carbonyl (C=O) groups excluding carboxylic acids is 1. The molecule has 0 aliphatic heterocycles. The number of anilines is 3. The number of H-pyrrole nitrogens is 1. The van der Waals surface area contributed by atoms with Gasteiger partial charge in [0.25, 0.3) is 0 Å². The van der Waals surface area contributed by atoms with E-state index in [1.807, 2.05) is 6.07 Å². The highest BCUT2D eigenvalue weighted by molar-refractivity contribution is 6.41. The fraction of sp³-hybridized carbons (Fsp3) is 0.0870. The van der Waals surface area contributed by atoms with E-state index in [2.05, 4.69) is 42.5 Å². The number of nitrogens with one attached hydrogen (secondary N) is 3. The lowest BCUT2D eigenvalue weighted by Gasteiger charge is -2.16. The second kappa shape index (κ2) is 9.36. The van der Waals surface area contributed by atoms with Crippen molar-refractivity contribution in [2.24, 2.45) is 0 Å². The van der Waals surface area contributed by atoms with E-state index in [9.17, 15) is 4.79 Å². The zero-order chi connectivity index (χ0) is 25.4. The Morgan fingerprint density at radius 3 is 2.58 bits per heavy atom. The standard InChI is InChI=1S/C23H18Cl2N8O3/c1-4-18(34)30-13-9-28-32-22(13)31-17-6-14-11(8-26-17)5-12(23-27-10-29-33(14)23)19-20(24)15(35-2)7-16(36-3)21(19)25/h4-10H,1H2,2-3H3,(H,30,34)(H2,26,28,31,32). The predicted octanol–water partition coefficient (Wildman–Crippen LogP) is 4.86. The first kappa shape index (κ1) is 23.4. The zero-order valence-electron chi connectivity index (χ0n) is 19.0. The molecule has 1 aromatic carbocycles. The van der Waals surface area contributed by atoms with Crippen molar-refractivity contribution in [3.63, 3.8) is 0 Å². The maximum atomic E-state index is 11.7. The number of halogens is 2. The molecule has 0 bridgehead atoms. The minimum atomic E-state index is -0.366. The van der Waals surface area contributed by atoms with Gasteiger partial charge < -0.3 is 20.1 Å². The Balaban J connectivity index is 1.64. The summed E-state index contributed by atoms with van der Waals surface area (Å²) in [5, 5.41) is 18.3. The molecule has 11 nitrogen and oxygen atoms in total. The fourth-order valence-corrected chi connectivity index (χ4v) is 4.44. The molecule has 0 spiro atoms. The van der Waals surface area contributed by atoms with E-state index >= 15 is 0 Å². The Labute approximate surface area is 214 Å². The van der Waals surface area contributed by atoms with Crippen LogP contribution < -0.4 is 20.1 Å². The number of amides is 1. The molecule has 3 N–H and O–H groups in total. The summed E-state index contributed by atoms with van der Waals surface area (Å²) in [6.45, 7) is 3.45. The largest absolute Gasteiger partial charge is 0.495 e. The van der Waals surface area contributed by atoms with Crippen LogP contribution in [0, 0.1) is 0 Å². The highest BCUT2D eigenvalue weighted by Crippen LogP contribution is 2.47. The Morgan fingerprint density at radius 2 is 1.89 bits per heavy atom. The first-order valence-corrected chi connectivity index (χ1v) is 11.2. The van der Waals surface area contributed by atoms with Crippen molar-refractivity contribution in [2.45, 2.75) is 0 Å². The smallest absolute Gasteiger partial charge is 0.247 e. The molecule has 0 saturated heterocycles. The Hall–Kier alpha value is -4.35. The summed E-state index contributed by atoms with van der Waals surface area (Å²) in [5.41, 5.74) is 2.78. The summed E-state index contributed by atoms with van der Waals surface area (Å²) in [4.78, 5) is 20.6. The third-order valence-electron chi connectivity index (χ3n) is 5.40. The van der Waals surface area contributed by atoms with Crippen LogP contribution in [0.15, 0.2) is 49.6 Å². The molecular formula is C23H18Cl2N8O3. The van der Waals surface area contributed by atoms with Crippen molar-refractivity contribution in [2.75, 3.05) is 24.9 Å². The Bertz CT molecular complexity index is 1620. The lowest BCUT2D eigenvalue weighted by molar-refractivity contribution is -0.111. The molecule has 182 valence electrons. The van der Waals surface area contributed by atoms with Crippen molar-refractivity contribution >= 4 is 63.0 Å². The predicted molar refractivity (Wildman–Crippen MR) is 138 cm³/mol. The molecule has 0 saturated carbocycles. The summed E-state index contributed by atoms with van der Waals surface area (Å²) in [5.74, 6) is 1.29. The van der Waals surface area contributed by atoms with E-state index < -0.39 is 0 Å². The fourth-order valence-electron chi connectivity index (χ4n) is 3.73. The summed E-state index contributed by atoms with van der Waals surface area (Å²) in [6.07, 6.45) is 5.81. The van der Waals surface area contributed by atoms with E-state index in [4.69, 9.17) is 32.7 Å². The molecule has 5 aromatic rings. The summed E-state index contributed by atoms with van der Waals surface area (Å²) >= 11 is 13.3. The van der Waals surface area contributed by atoms with Crippen molar-refractivity contribution in [3.05, 3.63) is 59.6 Å². The molecule has 0 aliphatic rings. The van der Waals surface area contributed by atoms with E-state index in [0.717, 1.165) is 5.39 Å². The topological polar surface area (TPSA) is 131 Å². The number of ether oxygens (including phenoxy) is 2. The van der Waals surface area contributed by atoms with Gasteiger partial charge in [-0.3, -0.25) is 9.89 Å². The van der Waals surface area contributed by atoms with E-state index in [1.54, 1.807) is 29.0 Å². The van der Waals surface area contributed by atoms with Gasteiger partial charge in [-0.2, -0.15) is 10.2 Å². The molecule has 5 rings (SSSR count). The molecule has 0 radical (unpaired) electrons. The van der Waals surface area contributed by atoms with Crippen LogP contribution in [-0.4, -0.2) is 49.9 Å². The van der Waals surface area contributed by atoms with Gasteiger partial charge in [0, 0.05) is 41.0 Å². The maximum absolute atomic E-state index is 11.7. The van der Waals surface area contributed by atoms with Crippen molar-refractivity contribution in [1.82, 2.24) is 29.8 Å². The first-order chi connectivity index (χ1) is 17.4. The van der Waals surface area contributed by atoms with Crippen molar-refractivity contribution in [1.29, 1.82) is 0 Å². The molecule has 1 amide bonds. The number of aromatic nitrogens is 6. The van der Waals surface area contributed by atoms with Gasteiger partial charge in [0.15, 0.2) is 11.5 Å². The molecule has 4 aromatic heterocycles. The van der Waals surface area contributed by atoms with E-state index in [-0.39, 0.29) is 5.91 Å². The number of rotatable bonds is 7. The van der Waals surface area contributed by atoms with Crippen LogP contribution in [0.3, 0.4) is 0 Å². The lowest BCUT2D eigenvalue weighted by atomic mass is 10.0. The molecule has 0 aliphatic carbocycles. The molecule has 0 atom stereocenters. The second-order valence-electron chi connectivity index (χ2n) is 7.43. The van der Waals surface area contributed by atoms with E-state index in [0.29, 0.717) is 61.2 Å². The lowest BCUT2D eigenvalue weighted by Crippen LogP contribution is -2.08. The molecule has 4 heterocycles. The average Bonchev–Trinajstić information content (AvgIpc) is 3.54. The van der Waals surface area contributed by atoms with Gasteiger partial charge in [-0.25, -0.2) is 14.5 Å². The molecule has 36 heavy (non-hydrogen) atoms. The molecule has 0 unspecified atom stereocenters. The molecule has 13 heteroatoms. The van der Waals surface area contributed by atoms with Gasteiger partial charge >= 0.3 is 0 Å². The Morgan fingerprint density at radius 1 is 1.14 bits per heavy atom. The van der Waals surface area contributed by atoms with Crippen molar-refractivity contribution in [3.8, 4) is 22.6 Å². The summed E-state index contributed by atoms with van der Waals surface area (Å²) in [7, 11) is 3.02. The van der Waals surface area contributed by atoms with Crippen LogP contribution in [0.4, 0.5) is 17.3 Å². The quantitative estimate of drug-likeness (QED) is 0.257. The van der Waals surface area contributed by atoms with Crippen LogP contribution in [-0.2, 0) is 4.79 Å². The third kappa shape index (κ3) is 3.93. The average molecular weight is 525 g/mol. The highest BCUT2D eigenvalue weighted by Gasteiger charge is 2.22. The minimum Gasteiger partial charge on any atom is -0.495 e. The second-order valence-corrected chi connectivity index (χ2v) is 8.19. The minimum absolute atomic E-state index is 0.312.